The van der Waals surface area contributed by atoms with Gasteiger partial charge in [-0.2, -0.15) is 0 Å². The van der Waals surface area contributed by atoms with Crippen molar-refractivity contribution < 1.29 is 0 Å². The minimum Gasteiger partial charge on any atom is -0.300 e. The van der Waals surface area contributed by atoms with Crippen molar-refractivity contribution >= 4 is 0 Å². The molecule has 134 valence electrons. The summed E-state index contributed by atoms with van der Waals surface area (Å²) < 4.78 is 0. The molecule has 0 aromatic carbocycles. The molecular formula is C20H39N3. The fourth-order valence-corrected chi connectivity index (χ4v) is 5.17. The maximum Gasteiger partial charge on any atom is 0.0212 e. The Bertz CT molecular complexity index is 411. The molecule has 0 aromatic heterocycles. The SMILES string of the molecule is CC(C)N1CC2(C1)CN(C1C[C@@H](C)N(CC(C)(C)C)C[C@H]1C)C2. The van der Waals surface area contributed by atoms with Crippen LogP contribution in [0, 0.1) is 16.7 Å². The summed E-state index contributed by atoms with van der Waals surface area (Å²) in [6, 6.07) is 2.29. The van der Waals surface area contributed by atoms with Gasteiger partial charge in [-0.1, -0.05) is 27.7 Å². The molecule has 3 aliphatic heterocycles. The maximum absolute atomic E-state index is 2.81. The first-order valence-corrected chi connectivity index (χ1v) is 9.81. The van der Waals surface area contributed by atoms with E-state index in [4.69, 9.17) is 0 Å². The molecule has 0 amide bonds. The Morgan fingerprint density at radius 1 is 1.04 bits per heavy atom. The summed E-state index contributed by atoms with van der Waals surface area (Å²) in [5, 5.41) is 0. The quantitative estimate of drug-likeness (QED) is 0.790. The van der Waals surface area contributed by atoms with Gasteiger partial charge in [-0.15, -0.1) is 0 Å². The monoisotopic (exact) mass is 321 g/mol. The Hall–Kier alpha value is -0.120. The Morgan fingerprint density at radius 3 is 2.17 bits per heavy atom. The molecule has 0 bridgehead atoms. The Labute approximate surface area is 144 Å². The van der Waals surface area contributed by atoms with E-state index in [1.54, 1.807) is 0 Å². The van der Waals surface area contributed by atoms with E-state index in [1.807, 2.05) is 0 Å². The summed E-state index contributed by atoms with van der Waals surface area (Å²) in [5.41, 5.74) is 1.07. The zero-order chi connectivity index (χ0) is 17.0. The van der Waals surface area contributed by atoms with E-state index in [2.05, 4.69) is 63.2 Å². The molecule has 3 fully saturated rings. The van der Waals surface area contributed by atoms with Gasteiger partial charge in [0.25, 0.3) is 0 Å². The molecule has 23 heavy (non-hydrogen) atoms. The number of rotatable bonds is 3. The lowest BCUT2D eigenvalue weighted by atomic mass is 9.70. The second kappa shape index (κ2) is 6.00. The van der Waals surface area contributed by atoms with Crippen LogP contribution in [0.1, 0.15) is 54.9 Å². The van der Waals surface area contributed by atoms with E-state index < -0.39 is 0 Å². The van der Waals surface area contributed by atoms with Crippen LogP contribution in [0.25, 0.3) is 0 Å². The topological polar surface area (TPSA) is 9.72 Å². The number of nitrogens with zero attached hydrogens (tertiary/aromatic N) is 3. The fraction of sp³-hybridized carbons (Fsp3) is 1.00. The average Bonchev–Trinajstić information content (AvgIpc) is 2.29. The molecule has 3 saturated heterocycles. The van der Waals surface area contributed by atoms with Crippen molar-refractivity contribution in [2.24, 2.45) is 16.7 Å². The van der Waals surface area contributed by atoms with Crippen molar-refractivity contribution in [3.05, 3.63) is 0 Å². The van der Waals surface area contributed by atoms with Crippen LogP contribution in [-0.2, 0) is 0 Å². The maximum atomic E-state index is 2.81. The van der Waals surface area contributed by atoms with Crippen LogP contribution in [0.2, 0.25) is 0 Å². The first kappa shape index (κ1) is 17.7. The number of piperidine rings is 1. The highest BCUT2D eigenvalue weighted by molar-refractivity contribution is 5.09. The smallest absolute Gasteiger partial charge is 0.0212 e. The van der Waals surface area contributed by atoms with Gasteiger partial charge in [0.2, 0.25) is 0 Å². The van der Waals surface area contributed by atoms with Gasteiger partial charge >= 0.3 is 0 Å². The van der Waals surface area contributed by atoms with Gasteiger partial charge in [0, 0.05) is 62.8 Å². The van der Waals surface area contributed by atoms with Crippen molar-refractivity contribution in [3.63, 3.8) is 0 Å². The summed E-state index contributed by atoms with van der Waals surface area (Å²) >= 11 is 0. The third-order valence-corrected chi connectivity index (χ3v) is 6.42. The van der Waals surface area contributed by atoms with Gasteiger partial charge in [-0.25, -0.2) is 0 Å². The second-order valence-corrected chi connectivity index (χ2v) is 10.5. The Morgan fingerprint density at radius 2 is 1.65 bits per heavy atom. The molecule has 3 rings (SSSR count). The lowest BCUT2D eigenvalue weighted by Crippen LogP contribution is -2.75. The Balaban J connectivity index is 1.50. The molecule has 0 saturated carbocycles. The molecule has 3 nitrogen and oxygen atoms in total. The molecule has 3 heterocycles. The predicted molar refractivity (Wildman–Crippen MR) is 98.8 cm³/mol. The number of hydrogen-bond acceptors (Lipinski definition) is 3. The normalized spacial score (nSPS) is 36.3. The predicted octanol–water partition coefficient (Wildman–Crippen LogP) is 3.16. The van der Waals surface area contributed by atoms with Crippen LogP contribution in [0.15, 0.2) is 0 Å². The van der Waals surface area contributed by atoms with E-state index in [0.29, 0.717) is 10.8 Å². The molecular weight excluding hydrogens is 282 g/mol. The molecule has 0 radical (unpaired) electrons. The highest BCUT2D eigenvalue weighted by Crippen LogP contribution is 2.44. The van der Waals surface area contributed by atoms with Gasteiger partial charge in [0.15, 0.2) is 0 Å². The van der Waals surface area contributed by atoms with Crippen molar-refractivity contribution in [2.75, 3.05) is 39.3 Å². The summed E-state index contributed by atoms with van der Waals surface area (Å²) in [6.45, 7) is 24.6. The van der Waals surface area contributed by atoms with Crippen molar-refractivity contribution in [3.8, 4) is 0 Å². The third kappa shape index (κ3) is 3.62. The summed E-state index contributed by atoms with van der Waals surface area (Å²) in [6.07, 6.45) is 1.36. The molecule has 0 N–H and O–H groups in total. The van der Waals surface area contributed by atoms with Gasteiger partial charge in [0.05, 0.1) is 0 Å². The van der Waals surface area contributed by atoms with Crippen molar-refractivity contribution in [2.45, 2.75) is 73.0 Å². The number of hydrogen-bond donors (Lipinski definition) is 0. The molecule has 3 atom stereocenters. The van der Waals surface area contributed by atoms with Crippen LogP contribution >= 0.6 is 0 Å². The van der Waals surface area contributed by atoms with Crippen LogP contribution in [0.3, 0.4) is 0 Å². The van der Waals surface area contributed by atoms with Crippen LogP contribution in [0.5, 0.6) is 0 Å². The van der Waals surface area contributed by atoms with E-state index in [-0.39, 0.29) is 0 Å². The fourth-order valence-electron chi connectivity index (χ4n) is 5.17. The van der Waals surface area contributed by atoms with E-state index in [0.717, 1.165) is 24.0 Å². The summed E-state index contributed by atoms with van der Waals surface area (Å²) in [4.78, 5) is 8.18. The largest absolute Gasteiger partial charge is 0.300 e. The zero-order valence-electron chi connectivity index (χ0n) is 16.6. The van der Waals surface area contributed by atoms with Crippen molar-refractivity contribution in [1.29, 1.82) is 0 Å². The number of likely N-dealkylation sites (tertiary alicyclic amines) is 3. The summed E-state index contributed by atoms with van der Waals surface area (Å²) in [5.74, 6) is 0.812. The lowest BCUT2D eigenvalue weighted by Gasteiger charge is -2.64. The molecule has 1 unspecified atom stereocenters. The highest BCUT2D eigenvalue weighted by Gasteiger charge is 2.54. The minimum absolute atomic E-state index is 0.411. The lowest BCUT2D eigenvalue weighted by molar-refractivity contribution is -0.155. The van der Waals surface area contributed by atoms with Gasteiger partial charge in [-0.3, -0.25) is 14.7 Å². The van der Waals surface area contributed by atoms with Crippen LogP contribution < -0.4 is 0 Å². The van der Waals surface area contributed by atoms with Crippen molar-refractivity contribution in [1.82, 2.24) is 14.7 Å². The van der Waals surface area contributed by atoms with E-state index in [1.165, 1.54) is 45.7 Å². The Kier molecular flexibility index (Phi) is 4.61. The second-order valence-electron chi connectivity index (χ2n) is 10.5. The average molecular weight is 322 g/mol. The first-order chi connectivity index (χ1) is 10.6. The van der Waals surface area contributed by atoms with E-state index >= 15 is 0 Å². The van der Waals surface area contributed by atoms with Gasteiger partial charge in [0.1, 0.15) is 0 Å². The zero-order valence-corrected chi connectivity index (χ0v) is 16.6. The first-order valence-electron chi connectivity index (χ1n) is 9.81. The van der Waals surface area contributed by atoms with Gasteiger partial charge < -0.3 is 0 Å². The highest BCUT2D eigenvalue weighted by atomic mass is 15.3. The standard InChI is InChI=1S/C20H39N3/c1-15(2)22-11-20(12-22)13-23(14-20)18-8-17(4)21(9-16(18)3)10-19(5,6)7/h15-18H,8-14H2,1-7H3/t16-,17-,18?/m1/s1. The molecule has 1 spiro atoms. The minimum atomic E-state index is 0.411. The van der Waals surface area contributed by atoms with Gasteiger partial charge in [-0.05, 0) is 38.5 Å². The van der Waals surface area contributed by atoms with E-state index in [9.17, 15) is 0 Å². The van der Waals surface area contributed by atoms with Crippen LogP contribution in [-0.4, -0.2) is 72.1 Å². The molecule has 3 heteroatoms. The summed E-state index contributed by atoms with van der Waals surface area (Å²) in [7, 11) is 0. The molecule has 0 aromatic rings. The third-order valence-electron chi connectivity index (χ3n) is 6.42. The molecule has 3 aliphatic rings. The van der Waals surface area contributed by atoms with Crippen LogP contribution in [0.4, 0.5) is 0 Å². The molecule has 0 aliphatic carbocycles.